The molecule has 5 nitrogen and oxygen atoms in total. The highest BCUT2D eigenvalue weighted by atomic mass is 19.1. The molecule has 0 bridgehead atoms. The molecule has 140 valence electrons. The zero-order chi connectivity index (χ0) is 18.7. The van der Waals surface area contributed by atoms with Crippen molar-refractivity contribution in [3.8, 4) is 0 Å². The standard InChI is InChI=1S/C21H21FN2O3/c22-13-5-6-18-14(7-13)15(8-19(23-18)12-3-4-12)20(25)24-9-16(11-1-2-11)17(10-24)21(26)27/h5-8,11-12,16-17H,1-4,9-10H2,(H,26,27)/t16-,17+/m1/s1. The van der Waals surface area contributed by atoms with Gasteiger partial charge in [0, 0.05) is 30.1 Å². The van der Waals surface area contributed by atoms with E-state index in [4.69, 9.17) is 0 Å². The SMILES string of the molecule is O=C(O)[C@H]1CN(C(=O)c2cc(C3CC3)nc3ccc(F)cc23)C[C@@H]1C1CC1. The molecular formula is C21H21FN2O3. The minimum Gasteiger partial charge on any atom is -0.481 e. The summed E-state index contributed by atoms with van der Waals surface area (Å²) in [6.45, 7) is 0.700. The van der Waals surface area contributed by atoms with E-state index in [0.717, 1.165) is 31.4 Å². The second kappa shape index (κ2) is 6.01. The van der Waals surface area contributed by atoms with Crippen molar-refractivity contribution >= 4 is 22.8 Å². The second-order valence-electron chi connectivity index (χ2n) is 8.19. The van der Waals surface area contributed by atoms with Crippen LogP contribution in [0.4, 0.5) is 4.39 Å². The zero-order valence-corrected chi connectivity index (χ0v) is 14.9. The summed E-state index contributed by atoms with van der Waals surface area (Å²) in [5.74, 6) is -1.13. The van der Waals surface area contributed by atoms with E-state index in [1.165, 1.54) is 12.1 Å². The summed E-state index contributed by atoms with van der Waals surface area (Å²) in [5.41, 5.74) is 1.95. The molecule has 1 amide bonds. The van der Waals surface area contributed by atoms with Crippen molar-refractivity contribution in [3.05, 3.63) is 41.3 Å². The molecule has 1 aromatic carbocycles. The molecule has 27 heavy (non-hydrogen) atoms. The van der Waals surface area contributed by atoms with E-state index in [9.17, 15) is 19.1 Å². The van der Waals surface area contributed by atoms with Crippen molar-refractivity contribution in [2.45, 2.75) is 31.6 Å². The Morgan fingerprint density at radius 3 is 2.56 bits per heavy atom. The van der Waals surface area contributed by atoms with E-state index in [1.54, 1.807) is 17.0 Å². The molecular weight excluding hydrogens is 347 g/mol. The Morgan fingerprint density at radius 1 is 1.11 bits per heavy atom. The van der Waals surface area contributed by atoms with E-state index in [-0.39, 0.29) is 18.4 Å². The smallest absolute Gasteiger partial charge is 0.308 e. The number of likely N-dealkylation sites (tertiary alicyclic amines) is 1. The van der Waals surface area contributed by atoms with Crippen LogP contribution in [0.15, 0.2) is 24.3 Å². The number of halogens is 1. The molecule has 0 unspecified atom stereocenters. The molecule has 2 aliphatic carbocycles. The van der Waals surface area contributed by atoms with Gasteiger partial charge in [0.25, 0.3) is 5.91 Å². The Bertz CT molecular complexity index is 952. The van der Waals surface area contributed by atoms with E-state index >= 15 is 0 Å². The summed E-state index contributed by atoms with van der Waals surface area (Å²) in [6, 6.07) is 6.13. The van der Waals surface area contributed by atoms with Gasteiger partial charge in [0.2, 0.25) is 0 Å². The Hall–Kier alpha value is -2.50. The van der Waals surface area contributed by atoms with Crippen LogP contribution in [0.3, 0.4) is 0 Å². The van der Waals surface area contributed by atoms with Crippen LogP contribution in [0.5, 0.6) is 0 Å². The van der Waals surface area contributed by atoms with Crippen LogP contribution in [-0.4, -0.2) is 40.0 Å². The van der Waals surface area contributed by atoms with Gasteiger partial charge < -0.3 is 10.0 Å². The lowest BCUT2D eigenvalue weighted by molar-refractivity contribution is -0.142. The van der Waals surface area contributed by atoms with Gasteiger partial charge in [-0.15, -0.1) is 0 Å². The molecule has 1 N–H and O–H groups in total. The van der Waals surface area contributed by atoms with Gasteiger partial charge in [-0.2, -0.15) is 0 Å². The highest BCUT2D eigenvalue weighted by molar-refractivity contribution is 6.06. The zero-order valence-electron chi connectivity index (χ0n) is 14.9. The summed E-state index contributed by atoms with van der Waals surface area (Å²) >= 11 is 0. The number of pyridine rings is 1. The van der Waals surface area contributed by atoms with Crippen LogP contribution in [0.2, 0.25) is 0 Å². The van der Waals surface area contributed by atoms with Crippen LogP contribution >= 0.6 is 0 Å². The minimum absolute atomic E-state index is 0.0270. The van der Waals surface area contributed by atoms with Crippen LogP contribution in [-0.2, 0) is 4.79 Å². The van der Waals surface area contributed by atoms with Crippen LogP contribution in [0.25, 0.3) is 10.9 Å². The summed E-state index contributed by atoms with van der Waals surface area (Å²) in [7, 11) is 0. The van der Waals surface area contributed by atoms with Crippen LogP contribution in [0.1, 0.15) is 47.7 Å². The number of benzene rings is 1. The molecule has 5 rings (SSSR count). The molecule has 0 spiro atoms. The number of hydrogen-bond acceptors (Lipinski definition) is 3. The third kappa shape index (κ3) is 2.97. The number of fused-ring (bicyclic) bond motifs is 1. The first-order valence-electron chi connectivity index (χ1n) is 9.63. The molecule has 0 radical (unpaired) electrons. The van der Waals surface area contributed by atoms with E-state index in [2.05, 4.69) is 4.98 Å². The summed E-state index contributed by atoms with van der Waals surface area (Å²) in [5, 5.41) is 10.1. The van der Waals surface area contributed by atoms with Crippen molar-refractivity contribution < 1.29 is 19.1 Å². The van der Waals surface area contributed by atoms with Crippen molar-refractivity contribution in [2.24, 2.45) is 17.8 Å². The third-order valence-corrected chi connectivity index (χ3v) is 6.21. The molecule has 1 aliphatic heterocycles. The van der Waals surface area contributed by atoms with Gasteiger partial charge in [-0.05, 0) is 61.8 Å². The van der Waals surface area contributed by atoms with E-state index < -0.39 is 17.7 Å². The van der Waals surface area contributed by atoms with Crippen molar-refractivity contribution in [3.63, 3.8) is 0 Å². The normalized spacial score (nSPS) is 25.1. The maximum atomic E-state index is 13.8. The van der Waals surface area contributed by atoms with Crippen molar-refractivity contribution in [2.75, 3.05) is 13.1 Å². The maximum absolute atomic E-state index is 13.8. The third-order valence-electron chi connectivity index (χ3n) is 6.21. The van der Waals surface area contributed by atoms with Gasteiger partial charge in [0.1, 0.15) is 5.82 Å². The number of rotatable bonds is 4. The first kappa shape index (κ1) is 16.7. The van der Waals surface area contributed by atoms with Crippen molar-refractivity contribution in [1.82, 2.24) is 9.88 Å². The predicted octanol–water partition coefficient (Wildman–Crippen LogP) is 3.43. The molecule has 2 aromatic rings. The Kier molecular flexibility index (Phi) is 3.71. The lowest BCUT2D eigenvalue weighted by Crippen LogP contribution is -2.30. The first-order chi connectivity index (χ1) is 13.0. The van der Waals surface area contributed by atoms with Gasteiger partial charge in [-0.1, -0.05) is 0 Å². The highest BCUT2D eigenvalue weighted by Crippen LogP contribution is 2.45. The Balaban J connectivity index is 1.53. The number of carbonyl (C=O) groups is 2. The molecule has 3 aliphatic rings. The van der Waals surface area contributed by atoms with Crippen molar-refractivity contribution in [1.29, 1.82) is 0 Å². The summed E-state index contributed by atoms with van der Waals surface area (Å²) < 4.78 is 13.8. The van der Waals surface area contributed by atoms with Crippen LogP contribution in [0, 0.1) is 23.6 Å². The number of carboxylic acids is 1. The Labute approximate surface area is 156 Å². The van der Waals surface area contributed by atoms with Gasteiger partial charge in [0.15, 0.2) is 0 Å². The number of carbonyl (C=O) groups excluding carboxylic acids is 1. The first-order valence-corrected chi connectivity index (χ1v) is 9.63. The molecule has 6 heteroatoms. The molecule has 2 heterocycles. The fourth-order valence-corrected chi connectivity index (χ4v) is 4.41. The molecule has 2 saturated carbocycles. The average Bonchev–Trinajstić information content (AvgIpc) is 3.57. The molecule has 1 saturated heterocycles. The quantitative estimate of drug-likeness (QED) is 0.898. The molecule has 1 aromatic heterocycles. The summed E-state index contributed by atoms with van der Waals surface area (Å²) in [6.07, 6.45) is 4.21. The summed E-state index contributed by atoms with van der Waals surface area (Å²) in [4.78, 5) is 31.2. The predicted molar refractivity (Wildman–Crippen MR) is 96.9 cm³/mol. The fraction of sp³-hybridized carbons (Fsp3) is 0.476. The number of aliphatic carboxylic acids is 1. The van der Waals surface area contributed by atoms with Gasteiger partial charge >= 0.3 is 5.97 Å². The number of amides is 1. The van der Waals surface area contributed by atoms with E-state index in [1.807, 2.05) is 0 Å². The topological polar surface area (TPSA) is 70.5 Å². The minimum atomic E-state index is -0.827. The lowest BCUT2D eigenvalue weighted by atomic mass is 9.92. The Morgan fingerprint density at radius 2 is 1.89 bits per heavy atom. The largest absolute Gasteiger partial charge is 0.481 e. The maximum Gasteiger partial charge on any atom is 0.308 e. The lowest BCUT2D eigenvalue weighted by Gasteiger charge is -2.18. The van der Waals surface area contributed by atoms with Gasteiger partial charge in [-0.3, -0.25) is 14.6 Å². The van der Waals surface area contributed by atoms with E-state index in [0.29, 0.717) is 34.8 Å². The second-order valence-corrected chi connectivity index (χ2v) is 8.19. The fourth-order valence-electron chi connectivity index (χ4n) is 4.41. The number of hydrogen-bond donors (Lipinski definition) is 1. The molecule has 3 fully saturated rings. The number of nitrogens with zero attached hydrogens (tertiary/aromatic N) is 2. The number of carboxylic acid groups (broad SMARTS) is 1. The molecule has 2 atom stereocenters. The monoisotopic (exact) mass is 368 g/mol. The highest BCUT2D eigenvalue weighted by Gasteiger charge is 2.47. The number of aromatic nitrogens is 1. The van der Waals surface area contributed by atoms with Gasteiger partial charge in [-0.25, -0.2) is 4.39 Å². The van der Waals surface area contributed by atoms with Gasteiger partial charge in [0.05, 0.1) is 17.0 Å². The van der Waals surface area contributed by atoms with Crippen LogP contribution < -0.4 is 0 Å². The average molecular weight is 368 g/mol.